The number of aliphatic hydroxyl groups is 1. The fourth-order valence-electron chi connectivity index (χ4n) is 3.28. The second-order valence-corrected chi connectivity index (χ2v) is 5.78. The van der Waals surface area contributed by atoms with E-state index < -0.39 is 18.1 Å². The number of amides is 2. The van der Waals surface area contributed by atoms with Crippen LogP contribution in [0.15, 0.2) is 0 Å². The zero-order chi connectivity index (χ0) is 14.7. The summed E-state index contributed by atoms with van der Waals surface area (Å²) in [5.74, 6) is -1.03. The van der Waals surface area contributed by atoms with Crippen molar-refractivity contribution in [1.82, 2.24) is 9.80 Å². The number of carbonyl (C=O) groups excluding carboxylic acids is 1. The number of nitrogens with zero attached hydrogens (tertiary/aromatic N) is 2. The second kappa shape index (κ2) is 6.43. The largest absolute Gasteiger partial charge is 0.480 e. The number of carbonyl (C=O) groups is 2. The quantitative estimate of drug-likeness (QED) is 0.800. The number of β-amino-alcohol motifs (C(OH)–C–C–N with tert-alkyl or cyclic N) is 1. The van der Waals surface area contributed by atoms with Gasteiger partial charge in [-0.05, 0) is 19.3 Å². The number of hydrogen-bond acceptors (Lipinski definition) is 3. The van der Waals surface area contributed by atoms with Gasteiger partial charge >= 0.3 is 12.0 Å². The number of aliphatic hydroxyl groups excluding tert-OH is 1. The lowest BCUT2D eigenvalue weighted by molar-refractivity contribution is -0.141. The molecule has 0 saturated carbocycles. The molecule has 3 atom stereocenters. The van der Waals surface area contributed by atoms with Crippen LogP contribution in [0.3, 0.4) is 0 Å². The molecule has 0 bridgehead atoms. The molecule has 2 aliphatic heterocycles. The summed E-state index contributed by atoms with van der Waals surface area (Å²) in [7, 11) is 0. The monoisotopic (exact) mass is 284 g/mol. The number of carboxylic acids is 1. The summed E-state index contributed by atoms with van der Waals surface area (Å²) < 4.78 is 0. The summed E-state index contributed by atoms with van der Waals surface area (Å²) in [5, 5.41) is 18.9. The topological polar surface area (TPSA) is 81.1 Å². The van der Waals surface area contributed by atoms with Gasteiger partial charge in [-0.2, -0.15) is 0 Å². The molecule has 0 aliphatic carbocycles. The maximum absolute atomic E-state index is 12.7. The molecule has 6 heteroatoms. The molecule has 2 heterocycles. The number of hydrogen-bond donors (Lipinski definition) is 2. The van der Waals surface area contributed by atoms with E-state index in [0.29, 0.717) is 6.54 Å². The molecule has 6 nitrogen and oxygen atoms in total. The Labute approximate surface area is 119 Å². The van der Waals surface area contributed by atoms with Crippen molar-refractivity contribution in [3.05, 3.63) is 0 Å². The van der Waals surface area contributed by atoms with Crippen molar-refractivity contribution < 1.29 is 19.8 Å². The minimum Gasteiger partial charge on any atom is -0.480 e. The molecule has 2 rings (SSSR count). The Morgan fingerprint density at radius 1 is 1.20 bits per heavy atom. The average molecular weight is 284 g/mol. The van der Waals surface area contributed by atoms with Crippen molar-refractivity contribution in [2.45, 2.75) is 63.6 Å². The molecule has 2 unspecified atom stereocenters. The first-order valence-electron chi connectivity index (χ1n) is 7.52. The highest BCUT2D eigenvalue weighted by Gasteiger charge is 2.41. The van der Waals surface area contributed by atoms with Gasteiger partial charge in [-0.25, -0.2) is 9.59 Å². The third-order valence-corrected chi connectivity index (χ3v) is 4.40. The van der Waals surface area contributed by atoms with Crippen LogP contribution < -0.4 is 0 Å². The molecule has 0 aromatic carbocycles. The molecule has 0 radical (unpaired) electrons. The minimum atomic E-state index is -1.03. The second-order valence-electron chi connectivity index (χ2n) is 5.78. The molecule has 20 heavy (non-hydrogen) atoms. The summed E-state index contributed by atoms with van der Waals surface area (Å²) in [6.07, 6.45) is 4.48. The first kappa shape index (κ1) is 15.1. The molecule has 2 N–H and O–H groups in total. The van der Waals surface area contributed by atoms with Crippen LogP contribution in [-0.2, 0) is 4.79 Å². The minimum absolute atomic E-state index is 0.128. The summed E-state index contributed by atoms with van der Waals surface area (Å²) in [6, 6.07) is -0.918. The highest BCUT2D eigenvalue weighted by molar-refractivity contribution is 5.83. The number of rotatable bonds is 2. The fourth-order valence-corrected chi connectivity index (χ4v) is 3.28. The molecule has 2 fully saturated rings. The van der Waals surface area contributed by atoms with Crippen LogP contribution in [0.1, 0.15) is 45.4 Å². The van der Waals surface area contributed by atoms with Crippen LogP contribution in [-0.4, -0.2) is 63.3 Å². The van der Waals surface area contributed by atoms with Gasteiger partial charge in [0.05, 0.1) is 6.10 Å². The molecule has 0 aromatic heterocycles. The van der Waals surface area contributed by atoms with Gasteiger partial charge in [-0.15, -0.1) is 0 Å². The molecule has 2 aliphatic rings. The van der Waals surface area contributed by atoms with Crippen LogP contribution in [0.5, 0.6) is 0 Å². The highest BCUT2D eigenvalue weighted by Crippen LogP contribution is 2.25. The Balaban J connectivity index is 2.13. The van der Waals surface area contributed by atoms with Gasteiger partial charge in [0.2, 0.25) is 0 Å². The van der Waals surface area contributed by atoms with E-state index in [2.05, 4.69) is 6.92 Å². The Bertz CT molecular complexity index is 374. The lowest BCUT2D eigenvalue weighted by Crippen LogP contribution is -2.51. The van der Waals surface area contributed by atoms with Crippen molar-refractivity contribution in [2.75, 3.05) is 13.1 Å². The smallest absolute Gasteiger partial charge is 0.326 e. The Hall–Kier alpha value is -1.30. The molecular formula is C14H24N2O4. The van der Waals surface area contributed by atoms with Crippen LogP contribution >= 0.6 is 0 Å². The molecule has 0 aromatic rings. The Kier molecular flexibility index (Phi) is 4.86. The van der Waals surface area contributed by atoms with Gasteiger partial charge in [0.15, 0.2) is 0 Å². The van der Waals surface area contributed by atoms with Gasteiger partial charge in [-0.3, -0.25) is 0 Å². The Morgan fingerprint density at radius 2 is 1.95 bits per heavy atom. The summed E-state index contributed by atoms with van der Waals surface area (Å²) in [6.45, 7) is 2.88. The summed E-state index contributed by atoms with van der Waals surface area (Å²) >= 11 is 0. The normalized spacial score (nSPS) is 31.2. The van der Waals surface area contributed by atoms with E-state index >= 15 is 0 Å². The van der Waals surface area contributed by atoms with Gasteiger partial charge < -0.3 is 20.0 Å². The SMILES string of the molecule is CCC1CCCCCN1C(=O)N1CC(O)C[C@H]1C(=O)O. The first-order valence-corrected chi connectivity index (χ1v) is 7.52. The Morgan fingerprint density at radius 3 is 2.60 bits per heavy atom. The zero-order valence-electron chi connectivity index (χ0n) is 12.0. The highest BCUT2D eigenvalue weighted by atomic mass is 16.4. The third-order valence-electron chi connectivity index (χ3n) is 4.40. The van der Waals surface area contributed by atoms with Crippen molar-refractivity contribution in [3.63, 3.8) is 0 Å². The van der Waals surface area contributed by atoms with Crippen LogP contribution in [0, 0.1) is 0 Å². The average Bonchev–Trinajstić information content (AvgIpc) is 2.67. The van der Waals surface area contributed by atoms with Gasteiger partial charge in [-0.1, -0.05) is 19.8 Å². The van der Waals surface area contributed by atoms with Crippen LogP contribution in [0.2, 0.25) is 0 Å². The first-order chi connectivity index (χ1) is 9.54. The lowest BCUT2D eigenvalue weighted by Gasteiger charge is -2.34. The van der Waals surface area contributed by atoms with Crippen LogP contribution in [0.4, 0.5) is 4.79 Å². The molecule has 2 amide bonds. The standard InChI is InChI=1S/C14H24N2O4/c1-2-10-6-4-3-5-7-15(10)14(20)16-9-11(17)8-12(16)13(18)19/h10-12,17H,2-9H2,1H3,(H,18,19)/t10?,11?,12-/m0/s1. The van der Waals surface area contributed by atoms with E-state index in [9.17, 15) is 19.8 Å². The van der Waals surface area contributed by atoms with Gasteiger partial charge in [0.1, 0.15) is 6.04 Å². The third kappa shape index (κ3) is 3.06. The number of urea groups is 1. The lowest BCUT2D eigenvalue weighted by atomic mass is 10.1. The maximum atomic E-state index is 12.7. The number of aliphatic carboxylic acids is 1. The van der Waals surface area contributed by atoms with E-state index in [4.69, 9.17) is 0 Å². The van der Waals surface area contributed by atoms with Crippen molar-refractivity contribution >= 4 is 12.0 Å². The van der Waals surface area contributed by atoms with E-state index in [1.165, 1.54) is 4.90 Å². The van der Waals surface area contributed by atoms with E-state index in [-0.39, 0.29) is 25.0 Å². The van der Waals surface area contributed by atoms with E-state index in [1.54, 1.807) is 0 Å². The van der Waals surface area contributed by atoms with Gasteiger partial charge in [0, 0.05) is 25.6 Å². The number of carboxylic acid groups (broad SMARTS) is 1. The van der Waals surface area contributed by atoms with Crippen molar-refractivity contribution in [2.24, 2.45) is 0 Å². The van der Waals surface area contributed by atoms with E-state index in [0.717, 1.165) is 32.1 Å². The zero-order valence-corrected chi connectivity index (χ0v) is 12.0. The summed E-state index contributed by atoms with van der Waals surface area (Å²) in [4.78, 5) is 27.1. The molecule has 114 valence electrons. The van der Waals surface area contributed by atoms with Crippen molar-refractivity contribution in [3.8, 4) is 0 Å². The van der Waals surface area contributed by atoms with Crippen LogP contribution in [0.25, 0.3) is 0 Å². The summed E-state index contributed by atoms with van der Waals surface area (Å²) in [5.41, 5.74) is 0. The van der Waals surface area contributed by atoms with Crippen molar-refractivity contribution in [1.29, 1.82) is 0 Å². The fraction of sp³-hybridized carbons (Fsp3) is 0.857. The molecule has 2 saturated heterocycles. The maximum Gasteiger partial charge on any atom is 0.326 e. The molecular weight excluding hydrogens is 260 g/mol. The predicted octanol–water partition coefficient (Wildman–Crippen LogP) is 1.28. The van der Waals surface area contributed by atoms with E-state index in [1.807, 2.05) is 4.90 Å². The number of likely N-dealkylation sites (tertiary alicyclic amines) is 2. The predicted molar refractivity (Wildman–Crippen MR) is 73.4 cm³/mol. The van der Waals surface area contributed by atoms with Gasteiger partial charge in [0.25, 0.3) is 0 Å². The molecule has 0 spiro atoms.